The standard InChI is InChI=1S/C7H5ClF3NO3S/c1-4-2-12-3-5(16(8,13)14)6(4)15-7(9,10)11/h2-3H,1H3. The second-order valence-electron chi connectivity index (χ2n) is 2.77. The molecule has 1 rings (SSSR count). The molecule has 0 N–H and O–H groups in total. The summed E-state index contributed by atoms with van der Waals surface area (Å²) in [6, 6.07) is 0. The lowest BCUT2D eigenvalue weighted by Crippen LogP contribution is -2.19. The lowest BCUT2D eigenvalue weighted by molar-refractivity contribution is -0.275. The smallest absolute Gasteiger partial charge is 0.404 e. The van der Waals surface area contributed by atoms with E-state index in [-0.39, 0.29) is 5.56 Å². The van der Waals surface area contributed by atoms with Crippen LogP contribution in [0.4, 0.5) is 13.2 Å². The van der Waals surface area contributed by atoms with Gasteiger partial charge in [0.05, 0.1) is 6.20 Å². The number of alkyl halides is 3. The van der Waals surface area contributed by atoms with E-state index in [0.717, 1.165) is 6.20 Å². The number of rotatable bonds is 2. The summed E-state index contributed by atoms with van der Waals surface area (Å²) in [6.07, 6.45) is -3.27. The Balaban J connectivity index is 3.36. The van der Waals surface area contributed by atoms with Crippen molar-refractivity contribution in [2.24, 2.45) is 0 Å². The van der Waals surface area contributed by atoms with E-state index in [9.17, 15) is 21.6 Å². The molecule has 0 spiro atoms. The van der Waals surface area contributed by atoms with E-state index < -0.39 is 26.1 Å². The number of pyridine rings is 1. The summed E-state index contributed by atoms with van der Waals surface area (Å²) in [4.78, 5) is 2.62. The Morgan fingerprint density at radius 2 is 1.94 bits per heavy atom. The highest BCUT2D eigenvalue weighted by Gasteiger charge is 2.34. The van der Waals surface area contributed by atoms with Crippen LogP contribution in [0.25, 0.3) is 0 Å². The van der Waals surface area contributed by atoms with Gasteiger partial charge in [0, 0.05) is 22.4 Å². The fraction of sp³-hybridized carbons (Fsp3) is 0.286. The lowest BCUT2D eigenvalue weighted by Gasteiger charge is -2.13. The van der Waals surface area contributed by atoms with Crippen LogP contribution in [-0.4, -0.2) is 19.8 Å². The summed E-state index contributed by atoms with van der Waals surface area (Å²) in [5.74, 6) is -0.863. The van der Waals surface area contributed by atoms with Crippen molar-refractivity contribution in [1.82, 2.24) is 4.98 Å². The zero-order valence-electron chi connectivity index (χ0n) is 7.75. The van der Waals surface area contributed by atoms with E-state index in [4.69, 9.17) is 10.7 Å². The number of halogens is 4. The molecule has 0 unspecified atom stereocenters. The third-order valence-corrected chi connectivity index (χ3v) is 2.84. The number of aromatic nitrogens is 1. The first-order valence-electron chi connectivity index (χ1n) is 3.76. The molecule has 0 aliphatic carbocycles. The van der Waals surface area contributed by atoms with Crippen LogP contribution < -0.4 is 4.74 Å². The molecule has 9 heteroatoms. The predicted octanol–water partition coefficient (Wildman–Crippen LogP) is 2.22. The first kappa shape index (κ1) is 13.0. The van der Waals surface area contributed by atoms with Gasteiger partial charge < -0.3 is 4.74 Å². The molecular formula is C7H5ClF3NO3S. The van der Waals surface area contributed by atoms with Gasteiger partial charge in [0.15, 0.2) is 5.75 Å². The van der Waals surface area contributed by atoms with Crippen molar-refractivity contribution in [3.8, 4) is 5.75 Å². The molecule has 0 fully saturated rings. The van der Waals surface area contributed by atoms with Crippen LogP contribution in [-0.2, 0) is 9.05 Å². The molecule has 0 saturated carbocycles. The number of hydrogen-bond acceptors (Lipinski definition) is 4. The Hall–Kier alpha value is -1.02. The van der Waals surface area contributed by atoms with Crippen LogP contribution in [0, 0.1) is 6.92 Å². The average Bonchev–Trinajstić information content (AvgIpc) is 2.04. The lowest BCUT2D eigenvalue weighted by atomic mass is 10.3. The highest BCUT2D eigenvalue weighted by atomic mass is 35.7. The van der Waals surface area contributed by atoms with Gasteiger partial charge in [0.2, 0.25) is 0 Å². The number of nitrogens with zero attached hydrogens (tertiary/aromatic N) is 1. The quantitative estimate of drug-likeness (QED) is 0.777. The highest BCUT2D eigenvalue weighted by Crippen LogP contribution is 2.33. The van der Waals surface area contributed by atoms with Crippen LogP contribution in [0.2, 0.25) is 0 Å². The molecule has 90 valence electrons. The van der Waals surface area contributed by atoms with Gasteiger partial charge in [-0.2, -0.15) is 0 Å². The van der Waals surface area contributed by atoms with Crippen LogP contribution in [0.15, 0.2) is 17.3 Å². The van der Waals surface area contributed by atoms with Gasteiger partial charge >= 0.3 is 6.36 Å². The topological polar surface area (TPSA) is 56.3 Å². The number of aryl methyl sites for hydroxylation is 1. The highest BCUT2D eigenvalue weighted by molar-refractivity contribution is 8.13. The van der Waals surface area contributed by atoms with Crippen molar-refractivity contribution in [3.63, 3.8) is 0 Å². The summed E-state index contributed by atoms with van der Waals surface area (Å²) in [7, 11) is 0.606. The van der Waals surface area contributed by atoms with Crippen molar-refractivity contribution in [2.75, 3.05) is 0 Å². The summed E-state index contributed by atoms with van der Waals surface area (Å²) >= 11 is 0. The summed E-state index contributed by atoms with van der Waals surface area (Å²) in [5, 5.41) is 0. The van der Waals surface area contributed by atoms with Gasteiger partial charge in [-0.05, 0) is 6.92 Å². The first-order chi connectivity index (χ1) is 7.11. The zero-order valence-corrected chi connectivity index (χ0v) is 9.32. The Kier molecular flexibility index (Phi) is 3.34. The van der Waals surface area contributed by atoms with E-state index in [1.54, 1.807) is 0 Å². The molecule has 0 aromatic carbocycles. The minimum Gasteiger partial charge on any atom is -0.404 e. The Labute approximate surface area is 93.4 Å². The van der Waals surface area contributed by atoms with Crippen LogP contribution in [0.1, 0.15) is 5.56 Å². The Morgan fingerprint density at radius 3 is 2.38 bits per heavy atom. The minimum absolute atomic E-state index is 0.0842. The third-order valence-electron chi connectivity index (χ3n) is 1.52. The summed E-state index contributed by atoms with van der Waals surface area (Å²) in [5.41, 5.74) is -0.0842. The predicted molar refractivity (Wildman–Crippen MR) is 48.7 cm³/mol. The maximum Gasteiger partial charge on any atom is 0.573 e. The van der Waals surface area contributed by atoms with Gasteiger partial charge in [0.1, 0.15) is 4.90 Å². The van der Waals surface area contributed by atoms with Gasteiger partial charge in [-0.15, -0.1) is 13.2 Å². The average molecular weight is 276 g/mol. The van der Waals surface area contributed by atoms with E-state index in [1.165, 1.54) is 6.92 Å². The maximum atomic E-state index is 12.0. The van der Waals surface area contributed by atoms with Crippen molar-refractivity contribution >= 4 is 19.7 Å². The molecule has 1 heterocycles. The van der Waals surface area contributed by atoms with E-state index in [0.29, 0.717) is 6.20 Å². The monoisotopic (exact) mass is 275 g/mol. The molecule has 0 aliphatic rings. The Bertz CT molecular complexity index is 500. The minimum atomic E-state index is -5.00. The van der Waals surface area contributed by atoms with Crippen LogP contribution >= 0.6 is 10.7 Å². The second kappa shape index (κ2) is 4.10. The Morgan fingerprint density at radius 1 is 1.38 bits per heavy atom. The summed E-state index contributed by atoms with van der Waals surface area (Å²) < 4.78 is 61.6. The molecule has 0 aliphatic heterocycles. The normalized spacial score (nSPS) is 12.6. The van der Waals surface area contributed by atoms with Gasteiger partial charge in [-0.3, -0.25) is 4.98 Å². The maximum absolute atomic E-state index is 12.0. The number of hydrogen-bond donors (Lipinski definition) is 0. The SMILES string of the molecule is Cc1cncc(S(=O)(=O)Cl)c1OC(F)(F)F. The molecule has 0 atom stereocenters. The molecule has 0 amide bonds. The largest absolute Gasteiger partial charge is 0.573 e. The molecule has 4 nitrogen and oxygen atoms in total. The second-order valence-corrected chi connectivity index (χ2v) is 5.30. The van der Waals surface area contributed by atoms with Crippen molar-refractivity contribution in [3.05, 3.63) is 18.0 Å². The molecule has 0 saturated heterocycles. The molecule has 0 radical (unpaired) electrons. The van der Waals surface area contributed by atoms with Crippen LogP contribution in [0.5, 0.6) is 5.75 Å². The molecular weight excluding hydrogens is 271 g/mol. The van der Waals surface area contributed by atoms with Crippen LogP contribution in [0.3, 0.4) is 0 Å². The molecule has 0 bridgehead atoms. The molecule has 1 aromatic heterocycles. The van der Waals surface area contributed by atoms with E-state index in [1.807, 2.05) is 0 Å². The van der Waals surface area contributed by atoms with Crippen molar-refractivity contribution in [2.45, 2.75) is 18.2 Å². The van der Waals surface area contributed by atoms with Gasteiger partial charge in [-0.1, -0.05) is 0 Å². The fourth-order valence-corrected chi connectivity index (χ4v) is 1.89. The zero-order chi connectivity index (χ0) is 12.6. The first-order valence-corrected chi connectivity index (χ1v) is 6.07. The molecule has 16 heavy (non-hydrogen) atoms. The van der Waals surface area contributed by atoms with E-state index in [2.05, 4.69) is 9.72 Å². The van der Waals surface area contributed by atoms with Gasteiger partial charge in [-0.25, -0.2) is 8.42 Å². The summed E-state index contributed by atoms with van der Waals surface area (Å²) in [6.45, 7) is 1.22. The third kappa shape index (κ3) is 3.24. The van der Waals surface area contributed by atoms with Gasteiger partial charge in [0.25, 0.3) is 9.05 Å². The van der Waals surface area contributed by atoms with E-state index >= 15 is 0 Å². The molecule has 1 aromatic rings. The van der Waals surface area contributed by atoms with Crippen molar-refractivity contribution in [1.29, 1.82) is 0 Å². The number of ether oxygens (including phenoxy) is 1. The van der Waals surface area contributed by atoms with Crippen molar-refractivity contribution < 1.29 is 26.3 Å². The fourth-order valence-electron chi connectivity index (χ4n) is 0.949.